The van der Waals surface area contributed by atoms with Gasteiger partial charge in [-0.1, -0.05) is 13.8 Å². The molecule has 2 rings (SSSR count). The molecule has 4 nitrogen and oxygen atoms in total. The van der Waals surface area contributed by atoms with E-state index in [0.29, 0.717) is 10.6 Å². The van der Waals surface area contributed by atoms with Gasteiger partial charge in [0, 0.05) is 35.5 Å². The van der Waals surface area contributed by atoms with Gasteiger partial charge >= 0.3 is 6.36 Å². The maximum absolute atomic E-state index is 13.2. The maximum Gasteiger partial charge on any atom is 0.573 e. The molecule has 0 N–H and O–H groups in total. The van der Waals surface area contributed by atoms with E-state index in [1.54, 1.807) is 26.1 Å². The largest absolute Gasteiger partial charge is 0.573 e. The second kappa shape index (κ2) is 9.05. The number of halogens is 3. The van der Waals surface area contributed by atoms with Crippen molar-refractivity contribution in [3.8, 4) is 16.3 Å². The first kappa shape index (κ1) is 22.4. The van der Waals surface area contributed by atoms with Crippen molar-refractivity contribution in [3.63, 3.8) is 0 Å². The molecule has 8 heteroatoms. The van der Waals surface area contributed by atoms with Gasteiger partial charge in [-0.2, -0.15) is 0 Å². The Kier molecular flexibility index (Phi) is 7.22. The van der Waals surface area contributed by atoms with Crippen molar-refractivity contribution >= 4 is 22.7 Å². The van der Waals surface area contributed by atoms with Crippen LogP contribution in [-0.2, 0) is 4.74 Å². The van der Waals surface area contributed by atoms with Crippen molar-refractivity contribution in [2.45, 2.75) is 53.5 Å². The fourth-order valence-corrected chi connectivity index (χ4v) is 3.42. The van der Waals surface area contributed by atoms with Gasteiger partial charge in [0.15, 0.2) is 5.75 Å². The number of aliphatic imine (C=N–C) groups is 1. The number of aromatic nitrogens is 1. The minimum Gasteiger partial charge on any atom is -0.403 e. The fourth-order valence-electron chi connectivity index (χ4n) is 2.71. The highest BCUT2D eigenvalue weighted by Crippen LogP contribution is 2.46. The van der Waals surface area contributed by atoms with Gasteiger partial charge in [-0.05, 0) is 44.7 Å². The molecule has 0 aliphatic carbocycles. The third kappa shape index (κ3) is 5.11. The lowest BCUT2D eigenvalue weighted by molar-refractivity contribution is -0.274. The average molecular weight is 414 g/mol. The molecule has 2 aromatic rings. The number of nitrogens with zero attached hydrogens (tertiary/aromatic N) is 2. The molecule has 0 saturated carbocycles. The first-order valence-electron chi connectivity index (χ1n) is 9.00. The molecule has 28 heavy (non-hydrogen) atoms. The lowest BCUT2D eigenvalue weighted by Gasteiger charge is -2.22. The smallest absolute Gasteiger partial charge is 0.403 e. The molecular formula is C20H25F3N2O2S. The Morgan fingerprint density at radius 1 is 1.32 bits per heavy atom. The van der Waals surface area contributed by atoms with E-state index in [2.05, 4.69) is 14.7 Å². The molecular weight excluding hydrogens is 389 g/mol. The Balaban J connectivity index is 2.84. The third-order valence-electron chi connectivity index (χ3n) is 4.82. The Labute approximate surface area is 167 Å². The third-order valence-corrected chi connectivity index (χ3v) is 5.63. The zero-order chi connectivity index (χ0) is 21.1. The Bertz CT molecular complexity index is 833. The molecule has 1 heterocycles. The SMILES string of the molecule is CCC(C)/C(C)=N\c1c(C)c(-c2nccs2)cc(C(C)OC)c1OC(F)(F)F. The molecule has 0 bridgehead atoms. The molecule has 1 aromatic carbocycles. The summed E-state index contributed by atoms with van der Waals surface area (Å²) in [6.45, 7) is 9.23. The van der Waals surface area contributed by atoms with E-state index >= 15 is 0 Å². The highest BCUT2D eigenvalue weighted by Gasteiger charge is 2.35. The lowest BCUT2D eigenvalue weighted by atomic mass is 9.97. The van der Waals surface area contributed by atoms with Gasteiger partial charge in [-0.15, -0.1) is 24.5 Å². The van der Waals surface area contributed by atoms with Crippen molar-refractivity contribution in [1.82, 2.24) is 4.98 Å². The van der Waals surface area contributed by atoms with Crippen molar-refractivity contribution < 1.29 is 22.6 Å². The number of thiazole rings is 1. The molecule has 0 aliphatic heterocycles. The van der Waals surface area contributed by atoms with Crippen LogP contribution in [0.2, 0.25) is 0 Å². The first-order chi connectivity index (χ1) is 13.1. The standard InChI is InChI=1S/C20H25F3N2O2S/c1-7-11(2)13(4)25-17-12(3)15(19-24-8-9-28-19)10-16(14(5)26-6)18(17)27-20(21,22)23/h8-11,14H,7H2,1-6H3/b25-13-. The fraction of sp³-hybridized carbons (Fsp3) is 0.500. The second-order valence-electron chi connectivity index (χ2n) is 6.64. The molecule has 0 radical (unpaired) electrons. The number of ether oxygens (including phenoxy) is 2. The van der Waals surface area contributed by atoms with Gasteiger partial charge in [0.05, 0.1) is 6.10 Å². The number of hydrogen-bond donors (Lipinski definition) is 0. The Hall–Kier alpha value is -1.93. The highest BCUT2D eigenvalue weighted by atomic mass is 32.1. The van der Waals surface area contributed by atoms with Crippen LogP contribution in [0.5, 0.6) is 5.75 Å². The van der Waals surface area contributed by atoms with Crippen molar-refractivity contribution in [2.24, 2.45) is 10.9 Å². The van der Waals surface area contributed by atoms with Gasteiger partial charge in [0.25, 0.3) is 0 Å². The van der Waals surface area contributed by atoms with Crippen LogP contribution < -0.4 is 4.74 Å². The lowest BCUT2D eigenvalue weighted by Crippen LogP contribution is -2.19. The molecule has 0 saturated heterocycles. The zero-order valence-electron chi connectivity index (χ0n) is 16.8. The highest BCUT2D eigenvalue weighted by molar-refractivity contribution is 7.13. The predicted octanol–water partition coefficient (Wildman–Crippen LogP) is 6.86. The molecule has 154 valence electrons. The molecule has 0 amide bonds. The summed E-state index contributed by atoms with van der Waals surface area (Å²) >= 11 is 1.41. The van der Waals surface area contributed by atoms with Gasteiger partial charge < -0.3 is 9.47 Å². The van der Waals surface area contributed by atoms with Crippen LogP contribution in [0.25, 0.3) is 10.6 Å². The van der Waals surface area contributed by atoms with E-state index in [4.69, 9.17) is 4.74 Å². The number of rotatable bonds is 7. The van der Waals surface area contributed by atoms with Crippen LogP contribution in [0.4, 0.5) is 18.9 Å². The topological polar surface area (TPSA) is 43.7 Å². The number of methoxy groups -OCH3 is 1. The predicted molar refractivity (Wildman–Crippen MR) is 107 cm³/mol. The van der Waals surface area contributed by atoms with Crippen LogP contribution in [0.3, 0.4) is 0 Å². The summed E-state index contributed by atoms with van der Waals surface area (Å²) in [6.07, 6.45) is -2.97. The van der Waals surface area contributed by atoms with Crippen LogP contribution in [0, 0.1) is 12.8 Å². The minimum absolute atomic E-state index is 0.130. The van der Waals surface area contributed by atoms with E-state index in [1.165, 1.54) is 18.4 Å². The van der Waals surface area contributed by atoms with E-state index in [9.17, 15) is 13.2 Å². The molecule has 0 aliphatic rings. The summed E-state index contributed by atoms with van der Waals surface area (Å²) in [5.41, 5.74) is 2.50. The summed E-state index contributed by atoms with van der Waals surface area (Å²) < 4.78 is 49.4. The Morgan fingerprint density at radius 2 is 2.00 bits per heavy atom. The van der Waals surface area contributed by atoms with Gasteiger partial charge in [0.2, 0.25) is 0 Å². The van der Waals surface area contributed by atoms with Crippen LogP contribution in [0.15, 0.2) is 22.6 Å². The molecule has 0 spiro atoms. The molecule has 2 atom stereocenters. The van der Waals surface area contributed by atoms with Gasteiger partial charge in [0.1, 0.15) is 10.7 Å². The van der Waals surface area contributed by atoms with Crippen LogP contribution in [0.1, 0.15) is 51.3 Å². The summed E-state index contributed by atoms with van der Waals surface area (Å²) in [7, 11) is 1.44. The normalized spacial score (nSPS) is 14.8. The number of alkyl halides is 3. The van der Waals surface area contributed by atoms with Crippen LogP contribution >= 0.6 is 11.3 Å². The Morgan fingerprint density at radius 3 is 2.50 bits per heavy atom. The second-order valence-corrected chi connectivity index (χ2v) is 7.54. The summed E-state index contributed by atoms with van der Waals surface area (Å²) in [4.78, 5) is 8.89. The summed E-state index contributed by atoms with van der Waals surface area (Å²) in [5, 5.41) is 2.53. The number of hydrogen-bond acceptors (Lipinski definition) is 5. The zero-order valence-corrected chi connectivity index (χ0v) is 17.7. The summed E-state index contributed by atoms with van der Waals surface area (Å²) in [5.74, 6) is -0.188. The van der Waals surface area contributed by atoms with E-state index < -0.39 is 12.5 Å². The van der Waals surface area contributed by atoms with Crippen LogP contribution in [-0.4, -0.2) is 24.2 Å². The minimum atomic E-state index is -4.84. The maximum atomic E-state index is 13.2. The van der Waals surface area contributed by atoms with Gasteiger partial charge in [-0.25, -0.2) is 4.98 Å². The molecule has 0 fully saturated rings. The summed E-state index contributed by atoms with van der Waals surface area (Å²) in [6, 6.07) is 1.65. The average Bonchev–Trinajstić information content (AvgIpc) is 3.16. The van der Waals surface area contributed by atoms with E-state index in [1.807, 2.05) is 26.2 Å². The van der Waals surface area contributed by atoms with E-state index in [-0.39, 0.29) is 22.9 Å². The quantitative estimate of drug-likeness (QED) is 0.465. The number of benzene rings is 1. The molecule has 2 unspecified atom stereocenters. The van der Waals surface area contributed by atoms with Crippen molar-refractivity contribution in [1.29, 1.82) is 0 Å². The first-order valence-corrected chi connectivity index (χ1v) is 9.88. The van der Waals surface area contributed by atoms with Gasteiger partial charge in [-0.3, -0.25) is 4.99 Å². The van der Waals surface area contributed by atoms with E-state index in [0.717, 1.165) is 17.7 Å². The molecule has 1 aromatic heterocycles. The monoisotopic (exact) mass is 414 g/mol. The van der Waals surface area contributed by atoms with Crippen molar-refractivity contribution in [3.05, 3.63) is 28.8 Å². The van der Waals surface area contributed by atoms with Crippen molar-refractivity contribution in [2.75, 3.05) is 7.11 Å².